The van der Waals surface area contributed by atoms with E-state index in [1.807, 2.05) is 0 Å². The second kappa shape index (κ2) is 5.50. The van der Waals surface area contributed by atoms with Crippen LogP contribution in [0, 0.1) is 5.92 Å². The van der Waals surface area contributed by atoms with Crippen molar-refractivity contribution in [2.24, 2.45) is 5.92 Å². The standard InChI is InChI=1S/C14H29NO/c1-6-11-8-9-12(16)10-13(11)15(5)14(3,4)7-2/h11-13,16H,6-10H2,1-5H3. The highest BCUT2D eigenvalue weighted by molar-refractivity contribution is 4.91. The molecule has 3 atom stereocenters. The Morgan fingerprint density at radius 3 is 2.38 bits per heavy atom. The van der Waals surface area contributed by atoms with Crippen molar-refractivity contribution in [3.63, 3.8) is 0 Å². The molecule has 0 aromatic rings. The van der Waals surface area contributed by atoms with Crippen molar-refractivity contribution in [3.8, 4) is 0 Å². The molecule has 0 saturated heterocycles. The Balaban J connectivity index is 2.74. The van der Waals surface area contributed by atoms with Crippen LogP contribution in [0.1, 0.15) is 59.8 Å². The number of rotatable bonds is 4. The summed E-state index contributed by atoms with van der Waals surface area (Å²) in [6.45, 7) is 9.14. The highest BCUT2D eigenvalue weighted by Crippen LogP contribution is 2.34. The van der Waals surface area contributed by atoms with Crippen molar-refractivity contribution in [1.82, 2.24) is 4.90 Å². The first-order chi connectivity index (χ1) is 7.42. The van der Waals surface area contributed by atoms with Gasteiger partial charge in [-0.1, -0.05) is 20.3 Å². The third kappa shape index (κ3) is 2.98. The molecular formula is C14H29NO. The van der Waals surface area contributed by atoms with Crippen LogP contribution in [0.3, 0.4) is 0 Å². The van der Waals surface area contributed by atoms with Crippen LogP contribution in [-0.2, 0) is 0 Å². The van der Waals surface area contributed by atoms with Crippen molar-refractivity contribution in [2.75, 3.05) is 7.05 Å². The first kappa shape index (κ1) is 14.0. The fourth-order valence-corrected chi connectivity index (χ4v) is 2.84. The summed E-state index contributed by atoms with van der Waals surface area (Å²) in [5.41, 5.74) is 0.245. The molecule has 2 nitrogen and oxygen atoms in total. The highest BCUT2D eigenvalue weighted by atomic mass is 16.3. The topological polar surface area (TPSA) is 23.5 Å². The quantitative estimate of drug-likeness (QED) is 0.798. The fraction of sp³-hybridized carbons (Fsp3) is 1.00. The lowest BCUT2D eigenvalue weighted by molar-refractivity contribution is -0.00663. The third-order valence-electron chi connectivity index (χ3n) is 4.77. The summed E-state index contributed by atoms with van der Waals surface area (Å²) in [5.74, 6) is 0.763. The lowest BCUT2D eigenvalue weighted by Crippen LogP contribution is -2.52. The number of aliphatic hydroxyl groups is 1. The Bertz CT molecular complexity index is 215. The molecule has 1 rings (SSSR count). The van der Waals surface area contributed by atoms with Crippen LogP contribution < -0.4 is 0 Å². The molecule has 16 heavy (non-hydrogen) atoms. The maximum absolute atomic E-state index is 9.85. The highest BCUT2D eigenvalue weighted by Gasteiger charge is 2.36. The molecule has 2 heteroatoms. The van der Waals surface area contributed by atoms with Gasteiger partial charge in [-0.15, -0.1) is 0 Å². The predicted octanol–water partition coefficient (Wildman–Crippen LogP) is 3.05. The van der Waals surface area contributed by atoms with Gasteiger partial charge in [-0.3, -0.25) is 4.90 Å². The van der Waals surface area contributed by atoms with Gasteiger partial charge in [0, 0.05) is 11.6 Å². The van der Waals surface area contributed by atoms with Gasteiger partial charge in [-0.2, -0.15) is 0 Å². The zero-order chi connectivity index (χ0) is 12.3. The summed E-state index contributed by atoms with van der Waals surface area (Å²) < 4.78 is 0. The number of hydrogen-bond acceptors (Lipinski definition) is 2. The van der Waals surface area contributed by atoms with E-state index < -0.39 is 0 Å². The normalized spacial score (nSPS) is 32.1. The average molecular weight is 227 g/mol. The molecule has 1 saturated carbocycles. The van der Waals surface area contributed by atoms with Crippen LogP contribution in [0.15, 0.2) is 0 Å². The summed E-state index contributed by atoms with van der Waals surface area (Å²) in [5, 5.41) is 9.85. The fourth-order valence-electron chi connectivity index (χ4n) is 2.84. The lowest BCUT2D eigenvalue weighted by atomic mass is 9.79. The molecule has 0 amide bonds. The van der Waals surface area contributed by atoms with E-state index >= 15 is 0 Å². The first-order valence-corrected chi connectivity index (χ1v) is 6.83. The van der Waals surface area contributed by atoms with Crippen molar-refractivity contribution in [3.05, 3.63) is 0 Å². The molecule has 1 aliphatic rings. The van der Waals surface area contributed by atoms with E-state index in [2.05, 4.69) is 39.6 Å². The molecule has 1 aliphatic carbocycles. The Hall–Kier alpha value is -0.0800. The van der Waals surface area contributed by atoms with Crippen LogP contribution in [0.2, 0.25) is 0 Å². The van der Waals surface area contributed by atoms with E-state index in [1.165, 1.54) is 12.8 Å². The van der Waals surface area contributed by atoms with Crippen molar-refractivity contribution >= 4 is 0 Å². The van der Waals surface area contributed by atoms with Crippen LogP contribution in [0.4, 0.5) is 0 Å². The van der Waals surface area contributed by atoms with Crippen LogP contribution in [0.25, 0.3) is 0 Å². The molecule has 0 heterocycles. The monoisotopic (exact) mass is 227 g/mol. The lowest BCUT2D eigenvalue weighted by Gasteiger charge is -2.47. The molecule has 1 N–H and O–H groups in total. The van der Waals surface area contributed by atoms with Gasteiger partial charge < -0.3 is 5.11 Å². The second-order valence-electron chi connectivity index (χ2n) is 5.98. The summed E-state index contributed by atoms with van der Waals surface area (Å²) in [4.78, 5) is 2.50. The molecule has 0 aromatic carbocycles. The van der Waals surface area contributed by atoms with E-state index in [9.17, 15) is 5.11 Å². The minimum atomic E-state index is -0.0806. The number of aliphatic hydroxyl groups excluding tert-OH is 1. The molecule has 0 radical (unpaired) electrons. The number of nitrogens with zero attached hydrogens (tertiary/aromatic N) is 1. The minimum Gasteiger partial charge on any atom is -0.393 e. The van der Waals surface area contributed by atoms with Crippen molar-refractivity contribution < 1.29 is 5.11 Å². The Morgan fingerprint density at radius 2 is 1.88 bits per heavy atom. The van der Waals surface area contributed by atoms with Crippen molar-refractivity contribution in [2.45, 2.75) is 77.5 Å². The van der Waals surface area contributed by atoms with E-state index in [-0.39, 0.29) is 11.6 Å². The van der Waals surface area contributed by atoms with Gasteiger partial charge in [-0.25, -0.2) is 0 Å². The summed E-state index contributed by atoms with van der Waals surface area (Å²) in [6.07, 6.45) is 5.46. The van der Waals surface area contributed by atoms with Gasteiger partial charge in [0.15, 0.2) is 0 Å². The average Bonchev–Trinajstić information content (AvgIpc) is 2.28. The Labute approximate surface area is 101 Å². The van der Waals surface area contributed by atoms with E-state index in [4.69, 9.17) is 0 Å². The van der Waals surface area contributed by atoms with Crippen molar-refractivity contribution in [1.29, 1.82) is 0 Å². The summed E-state index contributed by atoms with van der Waals surface area (Å²) in [7, 11) is 2.23. The first-order valence-electron chi connectivity index (χ1n) is 6.83. The third-order valence-corrected chi connectivity index (χ3v) is 4.77. The van der Waals surface area contributed by atoms with Gasteiger partial charge >= 0.3 is 0 Å². The molecule has 96 valence electrons. The van der Waals surface area contributed by atoms with Gasteiger partial charge in [-0.05, 0) is 52.5 Å². The zero-order valence-electron chi connectivity index (χ0n) is 11.7. The maximum Gasteiger partial charge on any atom is 0.0555 e. The number of hydrogen-bond donors (Lipinski definition) is 1. The predicted molar refractivity (Wildman–Crippen MR) is 69.6 cm³/mol. The van der Waals surface area contributed by atoms with Gasteiger partial charge in [0.05, 0.1) is 6.10 Å². The van der Waals surface area contributed by atoms with Gasteiger partial charge in [0.2, 0.25) is 0 Å². The molecular weight excluding hydrogens is 198 g/mol. The maximum atomic E-state index is 9.85. The van der Waals surface area contributed by atoms with Crippen LogP contribution >= 0.6 is 0 Å². The Kier molecular flexibility index (Phi) is 4.81. The largest absolute Gasteiger partial charge is 0.393 e. The molecule has 3 unspecified atom stereocenters. The van der Waals surface area contributed by atoms with E-state index in [0.29, 0.717) is 6.04 Å². The second-order valence-corrected chi connectivity index (χ2v) is 5.98. The van der Waals surface area contributed by atoms with E-state index in [0.717, 1.165) is 25.2 Å². The van der Waals surface area contributed by atoms with Gasteiger partial charge in [0.1, 0.15) is 0 Å². The van der Waals surface area contributed by atoms with Gasteiger partial charge in [0.25, 0.3) is 0 Å². The molecule has 0 aromatic heterocycles. The summed E-state index contributed by atoms with van der Waals surface area (Å²) >= 11 is 0. The zero-order valence-corrected chi connectivity index (χ0v) is 11.7. The minimum absolute atomic E-state index is 0.0806. The van der Waals surface area contributed by atoms with Crippen LogP contribution in [-0.4, -0.2) is 34.7 Å². The van der Waals surface area contributed by atoms with Crippen LogP contribution in [0.5, 0.6) is 0 Å². The molecule has 0 aliphatic heterocycles. The SMILES string of the molecule is CCC1CCC(O)CC1N(C)C(C)(C)CC. The smallest absolute Gasteiger partial charge is 0.0555 e. The summed E-state index contributed by atoms with van der Waals surface area (Å²) in [6, 6.07) is 0.559. The Morgan fingerprint density at radius 1 is 1.25 bits per heavy atom. The van der Waals surface area contributed by atoms with E-state index in [1.54, 1.807) is 0 Å². The molecule has 1 fully saturated rings. The molecule has 0 bridgehead atoms. The molecule has 0 spiro atoms.